The minimum Gasteiger partial charge on any atom is -0.395 e. The van der Waals surface area contributed by atoms with Crippen LogP contribution < -0.4 is 5.32 Å². The van der Waals surface area contributed by atoms with Gasteiger partial charge in [0.25, 0.3) is 0 Å². The number of aliphatic hydroxyl groups is 2. The molecule has 0 saturated carbocycles. The number of nitrogens with one attached hydrogen (secondary N) is 1. The summed E-state index contributed by atoms with van der Waals surface area (Å²) in [6.45, 7) is 1.72. The smallest absolute Gasteiger partial charge is 0.395 e. The van der Waals surface area contributed by atoms with Gasteiger partial charge in [-0.3, -0.25) is 9.69 Å². The molecule has 0 radical (unpaired) electrons. The first kappa shape index (κ1) is 17.7. The number of nitrogens with zero attached hydrogens (tertiary/aromatic N) is 1. The predicted molar refractivity (Wildman–Crippen MR) is 77.7 cm³/mol. The Labute approximate surface area is 131 Å². The number of β-amino-alcohol motifs (C(OH)–C–C–N with tert-alkyl or cyclic N) is 1. The van der Waals surface area contributed by atoms with Gasteiger partial charge >= 0.3 is 6.18 Å². The van der Waals surface area contributed by atoms with Crippen molar-refractivity contribution in [3.05, 3.63) is 29.8 Å². The summed E-state index contributed by atoms with van der Waals surface area (Å²) >= 11 is 0. The Morgan fingerprint density at radius 2 is 2.00 bits per heavy atom. The summed E-state index contributed by atoms with van der Waals surface area (Å²) in [5, 5.41) is 21.5. The van der Waals surface area contributed by atoms with Crippen LogP contribution in [0.5, 0.6) is 0 Å². The third kappa shape index (κ3) is 4.21. The zero-order chi connectivity index (χ0) is 17.2. The molecule has 1 saturated heterocycles. The molecular formula is C15H19F3N2O3. The SMILES string of the molecule is CC(C(=O)Nc1ccc(C(F)(F)F)cc1)N1CC(O)CC1CO. The molecule has 0 aromatic heterocycles. The first-order chi connectivity index (χ1) is 10.7. The van der Waals surface area contributed by atoms with Crippen molar-refractivity contribution in [2.75, 3.05) is 18.5 Å². The van der Waals surface area contributed by atoms with E-state index in [2.05, 4.69) is 5.32 Å². The Morgan fingerprint density at radius 1 is 1.39 bits per heavy atom. The van der Waals surface area contributed by atoms with Crippen LogP contribution >= 0.6 is 0 Å². The van der Waals surface area contributed by atoms with Crippen LogP contribution in [0.25, 0.3) is 0 Å². The van der Waals surface area contributed by atoms with Gasteiger partial charge in [0.05, 0.1) is 24.3 Å². The van der Waals surface area contributed by atoms with Crippen LogP contribution in [0.3, 0.4) is 0 Å². The lowest BCUT2D eigenvalue weighted by atomic mass is 10.1. The van der Waals surface area contributed by atoms with E-state index in [4.69, 9.17) is 0 Å². The van der Waals surface area contributed by atoms with E-state index in [1.54, 1.807) is 11.8 Å². The molecule has 0 bridgehead atoms. The first-order valence-corrected chi connectivity index (χ1v) is 7.25. The molecular weight excluding hydrogens is 313 g/mol. The van der Waals surface area contributed by atoms with Gasteiger partial charge in [-0.25, -0.2) is 0 Å². The van der Waals surface area contributed by atoms with E-state index < -0.39 is 29.8 Å². The molecule has 1 aliphatic heterocycles. The molecule has 1 aliphatic rings. The Kier molecular flexibility index (Phi) is 5.28. The number of likely N-dealkylation sites (tertiary alicyclic amines) is 1. The number of carbonyl (C=O) groups excluding carboxylic acids is 1. The van der Waals surface area contributed by atoms with Gasteiger partial charge in [0, 0.05) is 18.3 Å². The lowest BCUT2D eigenvalue weighted by Crippen LogP contribution is -2.46. The van der Waals surface area contributed by atoms with E-state index in [1.165, 1.54) is 12.1 Å². The van der Waals surface area contributed by atoms with Crippen LogP contribution in [0.15, 0.2) is 24.3 Å². The lowest BCUT2D eigenvalue weighted by Gasteiger charge is -2.28. The Morgan fingerprint density at radius 3 is 2.52 bits per heavy atom. The van der Waals surface area contributed by atoms with Crippen LogP contribution in [0.4, 0.5) is 18.9 Å². The van der Waals surface area contributed by atoms with Crippen molar-refractivity contribution in [2.45, 2.75) is 37.7 Å². The number of benzene rings is 1. The highest BCUT2D eigenvalue weighted by atomic mass is 19.4. The predicted octanol–water partition coefficient (Wildman–Crippen LogP) is 1.46. The van der Waals surface area contributed by atoms with Gasteiger partial charge in [-0.05, 0) is 37.6 Å². The van der Waals surface area contributed by atoms with Crippen molar-refractivity contribution < 1.29 is 28.2 Å². The number of amides is 1. The minimum absolute atomic E-state index is 0.172. The highest BCUT2D eigenvalue weighted by Gasteiger charge is 2.36. The maximum atomic E-state index is 12.5. The molecule has 3 unspecified atom stereocenters. The van der Waals surface area contributed by atoms with E-state index >= 15 is 0 Å². The van der Waals surface area contributed by atoms with E-state index in [9.17, 15) is 28.2 Å². The second kappa shape index (κ2) is 6.86. The van der Waals surface area contributed by atoms with Gasteiger partial charge < -0.3 is 15.5 Å². The maximum absolute atomic E-state index is 12.5. The molecule has 1 heterocycles. The van der Waals surface area contributed by atoms with Crippen LogP contribution in [-0.2, 0) is 11.0 Å². The molecule has 1 aromatic rings. The lowest BCUT2D eigenvalue weighted by molar-refractivity contribution is -0.137. The molecule has 1 aromatic carbocycles. The number of hydrogen-bond acceptors (Lipinski definition) is 4. The molecule has 1 fully saturated rings. The van der Waals surface area contributed by atoms with Crippen molar-refractivity contribution >= 4 is 11.6 Å². The minimum atomic E-state index is -4.42. The van der Waals surface area contributed by atoms with Gasteiger partial charge in [-0.15, -0.1) is 0 Å². The molecule has 23 heavy (non-hydrogen) atoms. The molecule has 0 spiro atoms. The average molecular weight is 332 g/mol. The number of rotatable bonds is 4. The van der Waals surface area contributed by atoms with E-state index in [0.29, 0.717) is 6.42 Å². The quantitative estimate of drug-likeness (QED) is 0.781. The number of halogens is 3. The molecule has 2 rings (SSSR count). The number of anilines is 1. The molecule has 3 atom stereocenters. The zero-order valence-electron chi connectivity index (χ0n) is 12.5. The molecule has 3 N–H and O–H groups in total. The van der Waals surface area contributed by atoms with Gasteiger partial charge in [-0.2, -0.15) is 13.2 Å². The summed E-state index contributed by atoms with van der Waals surface area (Å²) in [5.41, 5.74) is -0.526. The van der Waals surface area contributed by atoms with E-state index in [1.807, 2.05) is 0 Å². The van der Waals surface area contributed by atoms with E-state index in [0.717, 1.165) is 12.1 Å². The molecule has 8 heteroatoms. The zero-order valence-corrected chi connectivity index (χ0v) is 12.5. The van der Waals surface area contributed by atoms with Gasteiger partial charge in [-0.1, -0.05) is 0 Å². The molecule has 1 amide bonds. The summed E-state index contributed by atoms with van der Waals surface area (Å²) in [4.78, 5) is 13.9. The monoisotopic (exact) mass is 332 g/mol. The van der Waals surface area contributed by atoms with Crippen molar-refractivity contribution in [2.24, 2.45) is 0 Å². The Hall–Kier alpha value is -1.64. The number of carbonyl (C=O) groups is 1. The van der Waals surface area contributed by atoms with Crippen molar-refractivity contribution in [1.82, 2.24) is 4.90 Å². The van der Waals surface area contributed by atoms with Crippen molar-refractivity contribution in [3.63, 3.8) is 0 Å². The third-order valence-corrected chi connectivity index (χ3v) is 4.00. The fourth-order valence-corrected chi connectivity index (χ4v) is 2.71. The summed E-state index contributed by atoms with van der Waals surface area (Å²) < 4.78 is 37.5. The van der Waals surface area contributed by atoms with Gasteiger partial charge in [0.1, 0.15) is 0 Å². The van der Waals surface area contributed by atoms with Crippen molar-refractivity contribution in [1.29, 1.82) is 0 Å². The summed E-state index contributed by atoms with van der Waals surface area (Å²) in [5.74, 6) is -0.405. The Balaban J connectivity index is 2.01. The van der Waals surface area contributed by atoms with Crippen LogP contribution in [-0.4, -0.2) is 52.4 Å². The largest absolute Gasteiger partial charge is 0.416 e. The fraction of sp³-hybridized carbons (Fsp3) is 0.533. The molecule has 128 valence electrons. The van der Waals surface area contributed by atoms with E-state index in [-0.39, 0.29) is 24.9 Å². The van der Waals surface area contributed by atoms with Crippen molar-refractivity contribution in [3.8, 4) is 0 Å². The fourth-order valence-electron chi connectivity index (χ4n) is 2.71. The summed E-state index contributed by atoms with van der Waals surface area (Å²) in [6.07, 6.45) is -4.64. The molecule has 5 nitrogen and oxygen atoms in total. The molecule has 0 aliphatic carbocycles. The summed E-state index contributed by atoms with van der Waals surface area (Å²) in [6, 6.07) is 3.25. The highest BCUT2D eigenvalue weighted by Crippen LogP contribution is 2.30. The first-order valence-electron chi connectivity index (χ1n) is 7.25. The van der Waals surface area contributed by atoms with Crippen LogP contribution in [0.2, 0.25) is 0 Å². The summed E-state index contributed by atoms with van der Waals surface area (Å²) in [7, 11) is 0. The number of hydrogen-bond donors (Lipinski definition) is 3. The van der Waals surface area contributed by atoms with Gasteiger partial charge in [0.15, 0.2) is 0 Å². The number of alkyl halides is 3. The second-order valence-electron chi connectivity index (χ2n) is 5.66. The standard InChI is InChI=1S/C15H19F3N2O3/c1-9(20-7-13(22)6-12(20)8-21)14(23)19-11-4-2-10(3-5-11)15(16,17)18/h2-5,9,12-13,21-22H,6-8H2,1H3,(H,19,23). The topological polar surface area (TPSA) is 72.8 Å². The Bertz CT molecular complexity index is 548. The van der Waals surface area contributed by atoms with Crippen LogP contribution in [0.1, 0.15) is 18.9 Å². The second-order valence-corrected chi connectivity index (χ2v) is 5.66. The third-order valence-electron chi connectivity index (χ3n) is 4.00. The number of aliphatic hydroxyl groups excluding tert-OH is 2. The average Bonchev–Trinajstić information content (AvgIpc) is 2.87. The normalized spacial score (nSPS) is 23.7. The van der Waals surface area contributed by atoms with Gasteiger partial charge in [0.2, 0.25) is 5.91 Å². The highest BCUT2D eigenvalue weighted by molar-refractivity contribution is 5.94. The maximum Gasteiger partial charge on any atom is 0.416 e. The van der Waals surface area contributed by atoms with Crippen LogP contribution in [0, 0.1) is 0 Å².